The second-order valence-corrected chi connectivity index (χ2v) is 4.72. The Bertz CT molecular complexity index is 339. The van der Waals surface area contributed by atoms with Gasteiger partial charge in [0.25, 0.3) is 0 Å². The van der Waals surface area contributed by atoms with Crippen LogP contribution >= 0.6 is 0 Å². The van der Waals surface area contributed by atoms with Crippen molar-refractivity contribution < 1.29 is 5.11 Å². The number of hydrogen-bond acceptors (Lipinski definition) is 4. The lowest BCUT2D eigenvalue weighted by Crippen LogP contribution is -2.25. The normalized spacial score (nSPS) is 21.3. The third-order valence-electron chi connectivity index (χ3n) is 3.60. The Morgan fingerprint density at radius 1 is 1.29 bits per heavy atom. The summed E-state index contributed by atoms with van der Waals surface area (Å²) in [6.07, 6.45) is 8.54. The molecule has 94 valence electrons. The first-order valence-corrected chi connectivity index (χ1v) is 6.50. The Hall–Kier alpha value is -1.16. The number of anilines is 1. The molecule has 1 fully saturated rings. The molecule has 0 saturated carbocycles. The van der Waals surface area contributed by atoms with Crippen LogP contribution in [0, 0.1) is 5.92 Å². The first kappa shape index (κ1) is 12.3. The smallest absolute Gasteiger partial charge is 0.147 e. The molecular formula is C13H21N3O. The zero-order valence-corrected chi connectivity index (χ0v) is 10.5. The number of rotatable bonds is 3. The van der Waals surface area contributed by atoms with Crippen molar-refractivity contribution in [2.45, 2.75) is 39.2 Å². The summed E-state index contributed by atoms with van der Waals surface area (Å²) in [4.78, 5) is 10.9. The highest BCUT2D eigenvalue weighted by Gasteiger charge is 2.16. The van der Waals surface area contributed by atoms with Gasteiger partial charge in [-0.05, 0) is 25.2 Å². The first-order chi connectivity index (χ1) is 8.33. The number of hydrogen-bond donors (Lipinski definition) is 1. The Kier molecular flexibility index (Phi) is 4.31. The molecule has 1 aromatic rings. The fourth-order valence-electron chi connectivity index (χ4n) is 2.40. The van der Waals surface area contributed by atoms with E-state index in [2.05, 4.69) is 21.8 Å². The van der Waals surface area contributed by atoms with Crippen LogP contribution in [0.15, 0.2) is 12.4 Å². The highest BCUT2D eigenvalue weighted by atomic mass is 16.3. The summed E-state index contributed by atoms with van der Waals surface area (Å²) in [6, 6.07) is 0. The Labute approximate surface area is 103 Å². The molecule has 17 heavy (non-hydrogen) atoms. The molecule has 1 saturated heterocycles. The molecule has 0 spiro atoms. The maximum atomic E-state index is 8.93. The molecule has 1 N–H and O–H groups in total. The summed E-state index contributed by atoms with van der Waals surface area (Å²) in [5, 5.41) is 8.93. The van der Waals surface area contributed by atoms with E-state index in [1.165, 1.54) is 25.7 Å². The fraction of sp³-hybridized carbons (Fsp3) is 0.692. The Balaban J connectivity index is 2.01. The monoisotopic (exact) mass is 235 g/mol. The predicted molar refractivity (Wildman–Crippen MR) is 67.8 cm³/mol. The molecule has 1 atom stereocenters. The molecule has 1 aromatic heterocycles. The van der Waals surface area contributed by atoms with Gasteiger partial charge in [-0.3, -0.25) is 4.98 Å². The Morgan fingerprint density at radius 3 is 2.82 bits per heavy atom. The van der Waals surface area contributed by atoms with Crippen LogP contribution in [0.1, 0.15) is 38.3 Å². The van der Waals surface area contributed by atoms with Gasteiger partial charge < -0.3 is 10.0 Å². The summed E-state index contributed by atoms with van der Waals surface area (Å²) >= 11 is 0. The van der Waals surface area contributed by atoms with E-state index in [1.807, 2.05) is 0 Å². The highest BCUT2D eigenvalue weighted by molar-refractivity contribution is 5.35. The molecule has 0 radical (unpaired) electrons. The molecule has 1 aliphatic heterocycles. The van der Waals surface area contributed by atoms with Crippen LogP contribution in [0.5, 0.6) is 0 Å². The molecule has 0 aromatic carbocycles. The van der Waals surface area contributed by atoms with Crippen molar-refractivity contribution in [3.63, 3.8) is 0 Å². The van der Waals surface area contributed by atoms with E-state index < -0.39 is 0 Å². The quantitative estimate of drug-likeness (QED) is 0.870. The second-order valence-electron chi connectivity index (χ2n) is 4.72. The van der Waals surface area contributed by atoms with E-state index in [4.69, 9.17) is 5.11 Å². The minimum Gasteiger partial charge on any atom is -0.390 e. The van der Waals surface area contributed by atoms with Crippen molar-refractivity contribution in [1.29, 1.82) is 0 Å². The van der Waals surface area contributed by atoms with Crippen molar-refractivity contribution in [2.24, 2.45) is 5.92 Å². The number of aliphatic hydroxyl groups excluding tert-OH is 1. The molecule has 1 aliphatic rings. The zero-order valence-electron chi connectivity index (χ0n) is 10.5. The third-order valence-corrected chi connectivity index (χ3v) is 3.60. The van der Waals surface area contributed by atoms with Crippen LogP contribution < -0.4 is 4.90 Å². The van der Waals surface area contributed by atoms with Crippen LogP contribution in [0.25, 0.3) is 0 Å². The van der Waals surface area contributed by atoms with Gasteiger partial charge in [0.2, 0.25) is 0 Å². The first-order valence-electron chi connectivity index (χ1n) is 6.50. The maximum absolute atomic E-state index is 8.93. The fourth-order valence-corrected chi connectivity index (χ4v) is 2.40. The van der Waals surface area contributed by atoms with Gasteiger partial charge in [0.05, 0.1) is 24.7 Å². The lowest BCUT2D eigenvalue weighted by atomic mass is 9.98. The SMILES string of the molecule is CCC1CCCN(c2cnc(CO)cn2)CC1. The minimum absolute atomic E-state index is 0.0365. The molecular weight excluding hydrogens is 214 g/mol. The maximum Gasteiger partial charge on any atom is 0.147 e. The zero-order chi connectivity index (χ0) is 12.1. The van der Waals surface area contributed by atoms with Crippen molar-refractivity contribution in [2.75, 3.05) is 18.0 Å². The van der Waals surface area contributed by atoms with Gasteiger partial charge in [0.1, 0.15) is 5.82 Å². The van der Waals surface area contributed by atoms with Gasteiger partial charge in [-0.2, -0.15) is 0 Å². The van der Waals surface area contributed by atoms with Gasteiger partial charge in [-0.25, -0.2) is 4.98 Å². The van der Waals surface area contributed by atoms with Gasteiger partial charge in [-0.1, -0.05) is 13.3 Å². The van der Waals surface area contributed by atoms with E-state index in [0.717, 1.165) is 24.8 Å². The van der Waals surface area contributed by atoms with Crippen LogP contribution in [0.4, 0.5) is 5.82 Å². The number of nitrogens with zero attached hydrogens (tertiary/aromatic N) is 3. The average Bonchev–Trinajstić information content (AvgIpc) is 2.64. The van der Waals surface area contributed by atoms with Crippen LogP contribution in [-0.4, -0.2) is 28.2 Å². The number of aromatic nitrogens is 2. The molecule has 2 rings (SSSR count). The van der Waals surface area contributed by atoms with Crippen molar-refractivity contribution in [3.8, 4) is 0 Å². The minimum atomic E-state index is -0.0365. The largest absolute Gasteiger partial charge is 0.390 e. The molecule has 0 aliphatic carbocycles. The molecule has 4 nitrogen and oxygen atoms in total. The Morgan fingerprint density at radius 2 is 2.18 bits per heavy atom. The van der Waals surface area contributed by atoms with Gasteiger partial charge in [0, 0.05) is 13.1 Å². The van der Waals surface area contributed by atoms with Crippen molar-refractivity contribution >= 4 is 5.82 Å². The van der Waals surface area contributed by atoms with Crippen LogP contribution in [0.3, 0.4) is 0 Å². The molecule has 0 amide bonds. The topological polar surface area (TPSA) is 49.2 Å². The van der Waals surface area contributed by atoms with E-state index in [1.54, 1.807) is 12.4 Å². The van der Waals surface area contributed by atoms with Crippen molar-refractivity contribution in [1.82, 2.24) is 9.97 Å². The van der Waals surface area contributed by atoms with Gasteiger partial charge in [-0.15, -0.1) is 0 Å². The van der Waals surface area contributed by atoms with E-state index in [0.29, 0.717) is 5.69 Å². The predicted octanol–water partition coefficient (Wildman–Crippen LogP) is 1.99. The molecule has 4 heteroatoms. The summed E-state index contributed by atoms with van der Waals surface area (Å²) in [5.74, 6) is 1.81. The summed E-state index contributed by atoms with van der Waals surface area (Å²) in [6.45, 7) is 4.39. The standard InChI is InChI=1S/C13H21N3O/c1-2-11-4-3-6-16(7-5-11)13-9-14-12(10-17)8-15-13/h8-9,11,17H,2-7,10H2,1H3. The van der Waals surface area contributed by atoms with Crippen molar-refractivity contribution in [3.05, 3.63) is 18.1 Å². The van der Waals surface area contributed by atoms with Gasteiger partial charge >= 0.3 is 0 Å². The molecule has 0 bridgehead atoms. The van der Waals surface area contributed by atoms with E-state index in [9.17, 15) is 0 Å². The molecule has 1 unspecified atom stereocenters. The lowest BCUT2D eigenvalue weighted by molar-refractivity contribution is 0.276. The van der Waals surface area contributed by atoms with E-state index >= 15 is 0 Å². The second kappa shape index (κ2) is 5.96. The summed E-state index contributed by atoms with van der Waals surface area (Å²) < 4.78 is 0. The summed E-state index contributed by atoms with van der Waals surface area (Å²) in [7, 11) is 0. The number of aliphatic hydroxyl groups is 1. The lowest BCUT2D eigenvalue weighted by Gasteiger charge is -2.21. The van der Waals surface area contributed by atoms with Crippen LogP contribution in [0.2, 0.25) is 0 Å². The average molecular weight is 235 g/mol. The third kappa shape index (κ3) is 3.16. The highest BCUT2D eigenvalue weighted by Crippen LogP contribution is 2.22. The summed E-state index contributed by atoms with van der Waals surface area (Å²) in [5.41, 5.74) is 0.634. The van der Waals surface area contributed by atoms with Gasteiger partial charge in [0.15, 0.2) is 0 Å². The van der Waals surface area contributed by atoms with E-state index in [-0.39, 0.29) is 6.61 Å². The molecule has 2 heterocycles. The van der Waals surface area contributed by atoms with Crippen LogP contribution in [-0.2, 0) is 6.61 Å².